The highest BCUT2D eigenvalue weighted by Crippen LogP contribution is 2.31. The molecule has 0 spiro atoms. The van der Waals surface area contributed by atoms with Crippen LogP contribution in [0.3, 0.4) is 0 Å². The van der Waals surface area contributed by atoms with E-state index in [1.165, 1.54) is 12.1 Å². The summed E-state index contributed by atoms with van der Waals surface area (Å²) in [5.41, 5.74) is 1.28. The van der Waals surface area contributed by atoms with Crippen molar-refractivity contribution in [3.05, 3.63) is 89.7 Å². The second-order valence-electron chi connectivity index (χ2n) is 6.69. The van der Waals surface area contributed by atoms with Gasteiger partial charge in [0.15, 0.2) is 0 Å². The van der Waals surface area contributed by atoms with Crippen LogP contribution in [0.2, 0.25) is 0 Å². The first-order chi connectivity index (χ1) is 13.8. The maximum Gasteiger partial charge on any atom is 0.416 e. The molecule has 29 heavy (non-hydrogen) atoms. The first-order valence-corrected chi connectivity index (χ1v) is 9.06. The summed E-state index contributed by atoms with van der Waals surface area (Å²) in [4.78, 5) is 16.8. The molecule has 0 fully saturated rings. The molecule has 0 aliphatic heterocycles. The minimum Gasteiger partial charge on any atom is -0.382 e. The third-order valence-electron chi connectivity index (χ3n) is 4.29. The van der Waals surface area contributed by atoms with Gasteiger partial charge in [0.05, 0.1) is 11.1 Å². The Labute approximate surface area is 166 Å². The van der Waals surface area contributed by atoms with E-state index in [9.17, 15) is 18.0 Å². The van der Waals surface area contributed by atoms with E-state index in [0.717, 1.165) is 17.7 Å². The minimum atomic E-state index is -4.47. The van der Waals surface area contributed by atoms with Gasteiger partial charge in [-0.05, 0) is 55.3 Å². The van der Waals surface area contributed by atoms with Crippen LogP contribution in [-0.2, 0) is 12.6 Å². The number of para-hydroxylation sites is 1. The Kier molecular flexibility index (Phi) is 6.16. The summed E-state index contributed by atoms with van der Waals surface area (Å²) >= 11 is 0. The number of benzene rings is 2. The zero-order valence-electron chi connectivity index (χ0n) is 15.7. The van der Waals surface area contributed by atoms with Gasteiger partial charge in [-0.1, -0.05) is 24.3 Å². The predicted molar refractivity (Wildman–Crippen MR) is 107 cm³/mol. The first kappa shape index (κ1) is 20.4. The highest BCUT2D eigenvalue weighted by Gasteiger charge is 2.30. The summed E-state index contributed by atoms with van der Waals surface area (Å²) in [5, 5.41) is 5.84. The standard InChI is InChI=1S/C22H20F3N3O/c1-15(12-16-6-5-11-26-14-16)27-20-10-3-2-9-19(20)21(29)28-18-8-4-7-17(13-18)22(23,24)25/h2-11,13-15,27H,12H2,1H3,(H,28,29). The fourth-order valence-electron chi connectivity index (χ4n) is 2.97. The third kappa shape index (κ3) is 5.57. The van der Waals surface area contributed by atoms with Crippen molar-refractivity contribution in [2.75, 3.05) is 10.6 Å². The van der Waals surface area contributed by atoms with Gasteiger partial charge in [-0.3, -0.25) is 9.78 Å². The van der Waals surface area contributed by atoms with Crippen molar-refractivity contribution in [1.82, 2.24) is 4.98 Å². The lowest BCUT2D eigenvalue weighted by Crippen LogP contribution is -2.21. The molecule has 1 heterocycles. The lowest BCUT2D eigenvalue weighted by Gasteiger charge is -2.18. The van der Waals surface area contributed by atoms with E-state index in [0.29, 0.717) is 17.7 Å². The van der Waals surface area contributed by atoms with Crippen LogP contribution < -0.4 is 10.6 Å². The molecule has 0 radical (unpaired) electrons. The fourth-order valence-corrected chi connectivity index (χ4v) is 2.97. The molecule has 0 aliphatic rings. The molecule has 7 heteroatoms. The molecule has 3 rings (SSSR count). The minimum absolute atomic E-state index is 0.0155. The number of carbonyl (C=O) groups is 1. The topological polar surface area (TPSA) is 54.0 Å². The van der Waals surface area contributed by atoms with E-state index < -0.39 is 17.6 Å². The molecular weight excluding hydrogens is 379 g/mol. The number of pyridine rings is 1. The summed E-state index contributed by atoms with van der Waals surface area (Å²) in [6, 6.07) is 15.3. The summed E-state index contributed by atoms with van der Waals surface area (Å²) in [6.07, 6.45) is -0.279. The van der Waals surface area contributed by atoms with Crippen molar-refractivity contribution < 1.29 is 18.0 Å². The summed E-state index contributed by atoms with van der Waals surface area (Å²) in [7, 11) is 0. The molecule has 0 saturated carbocycles. The monoisotopic (exact) mass is 399 g/mol. The number of halogens is 3. The van der Waals surface area contributed by atoms with Crippen LogP contribution >= 0.6 is 0 Å². The van der Waals surface area contributed by atoms with Gasteiger partial charge in [-0.2, -0.15) is 13.2 Å². The number of hydrogen-bond donors (Lipinski definition) is 2. The van der Waals surface area contributed by atoms with Crippen molar-refractivity contribution in [3.8, 4) is 0 Å². The molecule has 1 atom stereocenters. The number of nitrogens with zero attached hydrogens (tertiary/aromatic N) is 1. The van der Waals surface area contributed by atoms with Crippen LogP contribution in [-0.4, -0.2) is 16.9 Å². The molecule has 2 aromatic carbocycles. The van der Waals surface area contributed by atoms with Gasteiger partial charge in [-0.15, -0.1) is 0 Å². The predicted octanol–water partition coefficient (Wildman–Crippen LogP) is 5.40. The lowest BCUT2D eigenvalue weighted by molar-refractivity contribution is -0.137. The number of amides is 1. The molecule has 1 unspecified atom stereocenters. The van der Waals surface area contributed by atoms with Crippen molar-refractivity contribution in [2.45, 2.75) is 25.6 Å². The highest BCUT2D eigenvalue weighted by atomic mass is 19.4. The Morgan fingerprint density at radius 2 is 1.86 bits per heavy atom. The Hall–Kier alpha value is -3.35. The van der Waals surface area contributed by atoms with Crippen LogP contribution in [0.1, 0.15) is 28.4 Å². The number of hydrogen-bond acceptors (Lipinski definition) is 3. The number of anilines is 2. The van der Waals surface area contributed by atoms with Crippen LogP contribution in [0.25, 0.3) is 0 Å². The number of aromatic nitrogens is 1. The number of carbonyl (C=O) groups excluding carboxylic acids is 1. The van der Waals surface area contributed by atoms with E-state index in [2.05, 4.69) is 15.6 Å². The normalized spacial score (nSPS) is 12.3. The fraction of sp³-hybridized carbons (Fsp3) is 0.182. The summed E-state index contributed by atoms with van der Waals surface area (Å²) in [6.45, 7) is 1.98. The molecule has 2 N–H and O–H groups in total. The van der Waals surface area contributed by atoms with Crippen molar-refractivity contribution in [2.24, 2.45) is 0 Å². The van der Waals surface area contributed by atoms with E-state index in [1.807, 2.05) is 19.1 Å². The molecule has 1 aromatic heterocycles. The molecule has 1 amide bonds. The zero-order valence-corrected chi connectivity index (χ0v) is 15.7. The Balaban J connectivity index is 1.73. The SMILES string of the molecule is CC(Cc1cccnc1)Nc1ccccc1C(=O)Nc1cccc(C(F)(F)F)c1. The van der Waals surface area contributed by atoms with Crippen LogP contribution in [0, 0.1) is 0 Å². The first-order valence-electron chi connectivity index (χ1n) is 9.06. The summed E-state index contributed by atoms with van der Waals surface area (Å²) in [5.74, 6) is -0.485. The van der Waals surface area contributed by atoms with Gasteiger partial charge in [0.2, 0.25) is 0 Å². The van der Waals surface area contributed by atoms with Gasteiger partial charge < -0.3 is 10.6 Å². The molecule has 0 saturated heterocycles. The van der Waals surface area contributed by atoms with E-state index >= 15 is 0 Å². The quantitative estimate of drug-likeness (QED) is 0.584. The summed E-state index contributed by atoms with van der Waals surface area (Å²) < 4.78 is 38.7. The van der Waals surface area contributed by atoms with E-state index in [1.54, 1.807) is 36.7 Å². The van der Waals surface area contributed by atoms with Crippen molar-refractivity contribution in [1.29, 1.82) is 0 Å². The van der Waals surface area contributed by atoms with Gasteiger partial charge >= 0.3 is 6.18 Å². The Morgan fingerprint density at radius 1 is 1.07 bits per heavy atom. The smallest absolute Gasteiger partial charge is 0.382 e. The molecular formula is C22H20F3N3O. The molecule has 0 bridgehead atoms. The Morgan fingerprint density at radius 3 is 2.59 bits per heavy atom. The second kappa shape index (κ2) is 8.77. The van der Waals surface area contributed by atoms with Gasteiger partial charge in [0, 0.05) is 29.8 Å². The Bertz CT molecular complexity index is 974. The molecule has 150 valence electrons. The van der Waals surface area contributed by atoms with Crippen molar-refractivity contribution in [3.63, 3.8) is 0 Å². The number of alkyl halides is 3. The zero-order chi connectivity index (χ0) is 20.9. The van der Waals surface area contributed by atoms with Crippen LogP contribution in [0.4, 0.5) is 24.5 Å². The average Bonchev–Trinajstić information content (AvgIpc) is 2.68. The largest absolute Gasteiger partial charge is 0.416 e. The third-order valence-corrected chi connectivity index (χ3v) is 4.29. The van der Waals surface area contributed by atoms with E-state index in [-0.39, 0.29) is 11.7 Å². The van der Waals surface area contributed by atoms with Crippen LogP contribution in [0.5, 0.6) is 0 Å². The lowest BCUT2D eigenvalue weighted by atomic mass is 10.1. The molecule has 3 aromatic rings. The van der Waals surface area contributed by atoms with Gasteiger partial charge in [0.25, 0.3) is 5.91 Å². The maximum atomic E-state index is 12.9. The van der Waals surface area contributed by atoms with Gasteiger partial charge in [0.1, 0.15) is 0 Å². The van der Waals surface area contributed by atoms with Gasteiger partial charge in [-0.25, -0.2) is 0 Å². The highest BCUT2D eigenvalue weighted by molar-refractivity contribution is 6.08. The number of nitrogens with one attached hydrogen (secondary N) is 2. The van der Waals surface area contributed by atoms with E-state index in [4.69, 9.17) is 0 Å². The average molecular weight is 399 g/mol. The maximum absolute atomic E-state index is 12.9. The van der Waals surface area contributed by atoms with Crippen LogP contribution in [0.15, 0.2) is 73.1 Å². The second-order valence-corrected chi connectivity index (χ2v) is 6.69. The van der Waals surface area contributed by atoms with Crippen molar-refractivity contribution >= 4 is 17.3 Å². The molecule has 4 nitrogen and oxygen atoms in total. The number of rotatable bonds is 6. The molecule has 0 aliphatic carbocycles.